The zero-order valence-corrected chi connectivity index (χ0v) is 7.99. The van der Waals surface area contributed by atoms with Gasteiger partial charge in [-0.25, -0.2) is 0 Å². The SMILES string of the molecule is CCCCCCO[PH](=O)Cl. The van der Waals surface area contributed by atoms with Crippen molar-refractivity contribution in [1.29, 1.82) is 0 Å². The fourth-order valence-electron chi connectivity index (χ4n) is 0.681. The Bertz CT molecular complexity index is 97.7. The van der Waals surface area contributed by atoms with E-state index in [0.717, 1.165) is 12.8 Å². The molecule has 0 aliphatic carbocycles. The van der Waals surface area contributed by atoms with Crippen molar-refractivity contribution in [2.45, 2.75) is 32.6 Å². The zero-order chi connectivity index (χ0) is 7.82. The van der Waals surface area contributed by atoms with Gasteiger partial charge in [-0.2, -0.15) is 0 Å². The smallest absolute Gasteiger partial charge is 0.278 e. The largest absolute Gasteiger partial charge is 0.320 e. The number of rotatable bonds is 6. The lowest BCUT2D eigenvalue weighted by Gasteiger charge is -1.97. The van der Waals surface area contributed by atoms with Crippen LogP contribution >= 0.6 is 18.6 Å². The summed E-state index contributed by atoms with van der Waals surface area (Å²) >= 11 is 5.11. The average Bonchev–Trinajstić information content (AvgIpc) is 1.87. The third-order valence-corrected chi connectivity index (χ3v) is 1.97. The molecule has 0 aliphatic heterocycles. The van der Waals surface area contributed by atoms with Crippen LogP contribution in [-0.2, 0) is 9.09 Å². The molecule has 1 unspecified atom stereocenters. The Morgan fingerprint density at radius 3 is 2.60 bits per heavy atom. The van der Waals surface area contributed by atoms with Crippen LogP contribution in [0.5, 0.6) is 0 Å². The maximum Gasteiger partial charge on any atom is 0.278 e. The lowest BCUT2D eigenvalue weighted by atomic mass is 10.2. The molecule has 4 heteroatoms. The van der Waals surface area contributed by atoms with E-state index in [9.17, 15) is 4.57 Å². The molecule has 0 heterocycles. The van der Waals surface area contributed by atoms with Crippen LogP contribution in [0.3, 0.4) is 0 Å². The first-order valence-electron chi connectivity index (χ1n) is 3.59. The molecular weight excluding hydrogens is 170 g/mol. The molecule has 0 bridgehead atoms. The first kappa shape index (κ1) is 10.5. The van der Waals surface area contributed by atoms with E-state index >= 15 is 0 Å². The molecule has 0 fully saturated rings. The molecule has 0 amide bonds. The minimum absolute atomic E-state index is 0.543. The molecule has 0 aromatic carbocycles. The predicted molar refractivity (Wildman–Crippen MR) is 44.9 cm³/mol. The summed E-state index contributed by atoms with van der Waals surface area (Å²) in [5.41, 5.74) is 0. The molecule has 0 radical (unpaired) electrons. The highest BCUT2D eigenvalue weighted by Crippen LogP contribution is 2.27. The van der Waals surface area contributed by atoms with Crippen molar-refractivity contribution in [3.05, 3.63) is 0 Å². The van der Waals surface area contributed by atoms with Crippen molar-refractivity contribution in [2.24, 2.45) is 0 Å². The molecule has 0 rings (SSSR count). The van der Waals surface area contributed by atoms with Crippen molar-refractivity contribution in [3.8, 4) is 0 Å². The Balaban J connectivity index is 2.84. The zero-order valence-electron chi connectivity index (χ0n) is 6.23. The van der Waals surface area contributed by atoms with Crippen molar-refractivity contribution in [2.75, 3.05) is 6.61 Å². The highest BCUT2D eigenvalue weighted by molar-refractivity contribution is 7.69. The van der Waals surface area contributed by atoms with Gasteiger partial charge in [0.1, 0.15) is 0 Å². The lowest BCUT2D eigenvalue weighted by Crippen LogP contribution is -1.84. The summed E-state index contributed by atoms with van der Waals surface area (Å²) in [6.45, 7) is 2.69. The van der Waals surface area contributed by atoms with Gasteiger partial charge in [-0.05, 0) is 17.7 Å². The number of halogens is 1. The molecule has 10 heavy (non-hydrogen) atoms. The third-order valence-electron chi connectivity index (χ3n) is 1.21. The van der Waals surface area contributed by atoms with Crippen LogP contribution in [0.1, 0.15) is 32.6 Å². The van der Waals surface area contributed by atoms with Crippen LogP contribution in [0.4, 0.5) is 0 Å². The molecule has 62 valence electrons. The Morgan fingerprint density at radius 1 is 1.40 bits per heavy atom. The molecule has 0 saturated heterocycles. The monoisotopic (exact) mass is 184 g/mol. The van der Waals surface area contributed by atoms with Crippen LogP contribution in [0.2, 0.25) is 0 Å². The van der Waals surface area contributed by atoms with Crippen LogP contribution in [0.25, 0.3) is 0 Å². The van der Waals surface area contributed by atoms with Crippen molar-refractivity contribution >= 4 is 18.6 Å². The van der Waals surface area contributed by atoms with E-state index in [1.165, 1.54) is 12.8 Å². The second-order valence-electron chi connectivity index (χ2n) is 2.15. The van der Waals surface area contributed by atoms with Gasteiger partial charge in [-0.3, -0.25) is 4.57 Å². The first-order valence-corrected chi connectivity index (χ1v) is 5.92. The van der Waals surface area contributed by atoms with Gasteiger partial charge in [-0.1, -0.05) is 26.2 Å². The number of hydrogen-bond acceptors (Lipinski definition) is 2. The van der Waals surface area contributed by atoms with E-state index in [0.29, 0.717) is 6.61 Å². The van der Waals surface area contributed by atoms with Gasteiger partial charge in [0.05, 0.1) is 6.61 Å². The van der Waals surface area contributed by atoms with Crippen molar-refractivity contribution in [3.63, 3.8) is 0 Å². The molecule has 0 N–H and O–H groups in total. The van der Waals surface area contributed by atoms with Gasteiger partial charge in [0, 0.05) is 0 Å². The Kier molecular flexibility index (Phi) is 7.95. The normalized spacial score (nSPS) is 13.4. The summed E-state index contributed by atoms with van der Waals surface area (Å²) in [5.74, 6) is 0. The summed E-state index contributed by atoms with van der Waals surface area (Å²) in [4.78, 5) is 0. The highest BCUT2D eigenvalue weighted by Gasteiger charge is 1.91. The molecule has 1 atom stereocenters. The maximum absolute atomic E-state index is 10.2. The number of hydrogen-bond donors (Lipinski definition) is 0. The van der Waals surface area contributed by atoms with Crippen LogP contribution in [0, 0.1) is 0 Å². The summed E-state index contributed by atoms with van der Waals surface area (Å²) in [5, 5.41) is 0. The first-order chi connectivity index (χ1) is 4.77. The predicted octanol–water partition coefficient (Wildman–Crippen LogP) is 3.21. The van der Waals surface area contributed by atoms with E-state index in [1.807, 2.05) is 0 Å². The summed E-state index contributed by atoms with van der Waals surface area (Å²) in [6, 6.07) is 0. The van der Waals surface area contributed by atoms with Crippen LogP contribution < -0.4 is 0 Å². The standard InChI is InChI=1S/C6H14ClO2P/c1-2-3-4-5-6-9-10(7)8/h10H,2-6H2,1H3. The van der Waals surface area contributed by atoms with Crippen molar-refractivity contribution in [1.82, 2.24) is 0 Å². The fraction of sp³-hybridized carbons (Fsp3) is 1.00. The van der Waals surface area contributed by atoms with Gasteiger partial charge in [0.2, 0.25) is 0 Å². The molecule has 0 saturated carbocycles. The Morgan fingerprint density at radius 2 is 2.10 bits per heavy atom. The second-order valence-corrected chi connectivity index (χ2v) is 3.84. The van der Waals surface area contributed by atoms with E-state index in [1.54, 1.807) is 0 Å². The molecular formula is C6H14ClO2P. The molecule has 0 aromatic rings. The van der Waals surface area contributed by atoms with E-state index in [4.69, 9.17) is 15.8 Å². The second kappa shape index (κ2) is 7.59. The molecule has 0 aliphatic rings. The quantitative estimate of drug-likeness (QED) is 0.468. The molecule has 0 aromatic heterocycles. The molecule has 0 spiro atoms. The Labute approximate surface area is 67.6 Å². The van der Waals surface area contributed by atoms with E-state index in [-0.39, 0.29) is 0 Å². The van der Waals surface area contributed by atoms with Gasteiger partial charge < -0.3 is 4.52 Å². The average molecular weight is 185 g/mol. The highest BCUT2D eigenvalue weighted by atomic mass is 35.7. The fourth-order valence-corrected chi connectivity index (χ4v) is 1.22. The summed E-state index contributed by atoms with van der Waals surface area (Å²) < 4.78 is 14.9. The van der Waals surface area contributed by atoms with E-state index < -0.39 is 7.38 Å². The van der Waals surface area contributed by atoms with Gasteiger partial charge >= 0.3 is 0 Å². The van der Waals surface area contributed by atoms with Crippen LogP contribution in [0.15, 0.2) is 0 Å². The maximum atomic E-state index is 10.2. The lowest BCUT2D eigenvalue weighted by molar-refractivity contribution is 0.325. The minimum Gasteiger partial charge on any atom is -0.320 e. The molecule has 2 nitrogen and oxygen atoms in total. The summed E-state index contributed by atoms with van der Waals surface area (Å²) in [6.07, 6.45) is 4.53. The van der Waals surface area contributed by atoms with Crippen molar-refractivity contribution < 1.29 is 9.09 Å². The van der Waals surface area contributed by atoms with E-state index in [2.05, 4.69) is 6.92 Å². The van der Waals surface area contributed by atoms with Crippen LogP contribution in [-0.4, -0.2) is 6.61 Å². The topological polar surface area (TPSA) is 26.3 Å². The summed E-state index contributed by atoms with van der Waals surface area (Å²) in [7, 11) is -2.20. The number of unbranched alkanes of at least 4 members (excludes halogenated alkanes) is 3. The minimum atomic E-state index is -2.20. The van der Waals surface area contributed by atoms with Gasteiger partial charge in [0.15, 0.2) is 0 Å². The van der Waals surface area contributed by atoms with Gasteiger partial charge in [-0.15, -0.1) is 0 Å². The third kappa shape index (κ3) is 8.48. The Hall–Kier alpha value is 0.480. The van der Waals surface area contributed by atoms with Gasteiger partial charge in [0.25, 0.3) is 7.38 Å².